The van der Waals surface area contributed by atoms with Crippen LogP contribution in [0, 0.1) is 18.3 Å². The van der Waals surface area contributed by atoms with Crippen LogP contribution in [0.5, 0.6) is 0 Å². The number of nitrogens with one attached hydrogen (secondary N) is 1. The van der Waals surface area contributed by atoms with Crippen molar-refractivity contribution in [2.75, 3.05) is 5.32 Å². The zero-order valence-corrected chi connectivity index (χ0v) is 22.3. The van der Waals surface area contributed by atoms with Crippen LogP contribution in [0.2, 0.25) is 10.3 Å². The topological polar surface area (TPSA) is 69.8 Å². The zero-order chi connectivity index (χ0) is 25.8. The van der Waals surface area contributed by atoms with Crippen molar-refractivity contribution in [3.05, 3.63) is 99.3 Å². The second-order valence-electron chi connectivity index (χ2n) is 9.11. The molecule has 184 valence electrons. The lowest BCUT2D eigenvalue weighted by molar-refractivity contribution is 0.329. The molecular formula is C28H28Cl2N6. The first-order valence-electron chi connectivity index (χ1n) is 11.7. The van der Waals surface area contributed by atoms with Gasteiger partial charge in [0.15, 0.2) is 0 Å². The van der Waals surface area contributed by atoms with E-state index in [4.69, 9.17) is 28.2 Å². The maximum Gasteiger partial charge on any atom is 0.140 e. The van der Waals surface area contributed by atoms with E-state index in [0.717, 1.165) is 16.9 Å². The lowest BCUT2D eigenvalue weighted by Crippen LogP contribution is -2.27. The summed E-state index contributed by atoms with van der Waals surface area (Å²) in [6.07, 6.45) is 3.61. The number of anilines is 1. The molecule has 0 bridgehead atoms. The van der Waals surface area contributed by atoms with Gasteiger partial charge in [0.05, 0.1) is 24.4 Å². The minimum atomic E-state index is 0.267. The van der Waals surface area contributed by atoms with Crippen molar-refractivity contribution in [1.82, 2.24) is 19.4 Å². The number of aryl methyl sites for hydroxylation is 2. The highest BCUT2D eigenvalue weighted by Gasteiger charge is 2.18. The fraction of sp³-hybridized carbons (Fsp3) is 0.250. The number of allylic oxidation sites excluding steroid dienone is 1. The van der Waals surface area contributed by atoms with Crippen LogP contribution in [0.3, 0.4) is 0 Å². The summed E-state index contributed by atoms with van der Waals surface area (Å²) in [4.78, 5) is 11.1. The Morgan fingerprint density at radius 2 is 1.81 bits per heavy atom. The quantitative estimate of drug-likeness (QED) is 0.197. The third-order valence-corrected chi connectivity index (χ3v) is 6.36. The van der Waals surface area contributed by atoms with Crippen LogP contribution >= 0.6 is 23.2 Å². The van der Waals surface area contributed by atoms with Gasteiger partial charge in [-0.05, 0) is 47.7 Å². The molecule has 8 heteroatoms. The molecule has 4 rings (SSSR count). The summed E-state index contributed by atoms with van der Waals surface area (Å²) in [5.41, 5.74) is 6.10. The van der Waals surface area contributed by atoms with Crippen LogP contribution in [0.15, 0.2) is 66.6 Å². The first-order valence-corrected chi connectivity index (χ1v) is 12.4. The summed E-state index contributed by atoms with van der Waals surface area (Å²) < 4.78 is 2.08. The highest BCUT2D eigenvalue weighted by atomic mass is 35.5. The Morgan fingerprint density at radius 1 is 1.11 bits per heavy atom. The fourth-order valence-electron chi connectivity index (χ4n) is 4.39. The van der Waals surface area contributed by atoms with Crippen LogP contribution < -0.4 is 5.32 Å². The number of fused-ring (bicyclic) bond motifs is 1. The van der Waals surface area contributed by atoms with Gasteiger partial charge in [-0.25, -0.2) is 9.97 Å². The van der Waals surface area contributed by atoms with Gasteiger partial charge in [-0.1, -0.05) is 67.4 Å². The SMILES string of the molecule is Cc1cn(C)c2nc(CN(Cc3ccccc3)/C(=C/C#N)Nc3cc(Cl)nc(Cl)c3)cc(C(C)C)c12. The van der Waals surface area contributed by atoms with Gasteiger partial charge in [0.1, 0.15) is 21.8 Å². The molecule has 6 nitrogen and oxygen atoms in total. The van der Waals surface area contributed by atoms with Gasteiger partial charge in [0.2, 0.25) is 0 Å². The van der Waals surface area contributed by atoms with Crippen molar-refractivity contribution in [3.63, 3.8) is 0 Å². The highest BCUT2D eigenvalue weighted by molar-refractivity contribution is 6.32. The highest BCUT2D eigenvalue weighted by Crippen LogP contribution is 2.30. The van der Waals surface area contributed by atoms with Gasteiger partial charge in [-0.15, -0.1) is 0 Å². The molecule has 1 N–H and O–H groups in total. The molecule has 0 saturated carbocycles. The lowest BCUT2D eigenvalue weighted by Gasteiger charge is -2.28. The Labute approximate surface area is 221 Å². The minimum Gasteiger partial charge on any atom is -0.347 e. The summed E-state index contributed by atoms with van der Waals surface area (Å²) in [5.74, 6) is 0.946. The first kappa shape index (κ1) is 25.6. The van der Waals surface area contributed by atoms with E-state index in [9.17, 15) is 5.26 Å². The lowest BCUT2D eigenvalue weighted by atomic mass is 9.98. The number of pyridine rings is 2. The predicted molar refractivity (Wildman–Crippen MR) is 147 cm³/mol. The molecule has 0 saturated heterocycles. The molecule has 3 aromatic heterocycles. The van der Waals surface area contributed by atoms with Crippen molar-refractivity contribution < 1.29 is 0 Å². The molecule has 0 aliphatic heterocycles. The molecule has 1 aromatic carbocycles. The average molecular weight is 519 g/mol. The number of hydrogen-bond acceptors (Lipinski definition) is 5. The van der Waals surface area contributed by atoms with Gasteiger partial charge in [-0.2, -0.15) is 5.26 Å². The number of hydrogen-bond donors (Lipinski definition) is 1. The molecule has 0 atom stereocenters. The van der Waals surface area contributed by atoms with Crippen LogP contribution in [-0.2, 0) is 20.1 Å². The molecule has 0 spiro atoms. The molecule has 0 amide bonds. The second kappa shape index (κ2) is 11.0. The number of nitrogens with zero attached hydrogens (tertiary/aromatic N) is 5. The Hall–Kier alpha value is -3.53. The van der Waals surface area contributed by atoms with Gasteiger partial charge in [0, 0.05) is 30.9 Å². The minimum absolute atomic E-state index is 0.267. The van der Waals surface area contributed by atoms with Gasteiger partial charge >= 0.3 is 0 Å². The molecule has 0 aliphatic rings. The zero-order valence-electron chi connectivity index (χ0n) is 20.8. The molecule has 0 radical (unpaired) electrons. The van der Waals surface area contributed by atoms with Crippen LogP contribution in [0.25, 0.3) is 11.0 Å². The first-order chi connectivity index (χ1) is 17.2. The van der Waals surface area contributed by atoms with E-state index in [1.165, 1.54) is 22.6 Å². The monoisotopic (exact) mass is 518 g/mol. The number of halogens is 2. The molecule has 36 heavy (non-hydrogen) atoms. The van der Waals surface area contributed by atoms with E-state index in [1.807, 2.05) is 25.2 Å². The van der Waals surface area contributed by atoms with Crippen LogP contribution in [-0.4, -0.2) is 19.4 Å². The molecule has 4 aromatic rings. The van der Waals surface area contributed by atoms with Crippen LogP contribution in [0.4, 0.5) is 5.69 Å². The van der Waals surface area contributed by atoms with Crippen molar-refractivity contribution in [2.45, 2.75) is 39.8 Å². The van der Waals surface area contributed by atoms with E-state index in [2.05, 4.69) is 71.0 Å². The molecule has 0 aliphatic carbocycles. The fourth-order valence-corrected chi connectivity index (χ4v) is 4.86. The van der Waals surface area contributed by atoms with Crippen LogP contribution in [0.1, 0.15) is 42.1 Å². The van der Waals surface area contributed by atoms with Gasteiger partial charge in [-0.3, -0.25) is 0 Å². The average Bonchev–Trinajstić information content (AvgIpc) is 3.11. The Bertz CT molecular complexity index is 1430. The summed E-state index contributed by atoms with van der Waals surface area (Å²) in [6.45, 7) is 7.58. The summed E-state index contributed by atoms with van der Waals surface area (Å²) in [7, 11) is 2.03. The summed E-state index contributed by atoms with van der Waals surface area (Å²) in [5, 5.41) is 14.7. The smallest absolute Gasteiger partial charge is 0.140 e. The standard InChI is InChI=1S/C28H28Cl2N6/c1-18(2)23-12-22(33-28-27(23)19(3)15-35(28)4)17-36(16-20-8-6-5-7-9-20)26(10-11-31)32-21-13-24(29)34-25(30)14-21/h5-10,12-15,18H,16-17H2,1-4H3,(H,32,34)/b26-10+. The van der Waals surface area contributed by atoms with E-state index >= 15 is 0 Å². The van der Waals surface area contributed by atoms with E-state index in [-0.39, 0.29) is 10.3 Å². The third kappa shape index (κ3) is 5.81. The Balaban J connectivity index is 1.77. The van der Waals surface area contributed by atoms with Crippen molar-refractivity contribution in [2.24, 2.45) is 7.05 Å². The summed E-state index contributed by atoms with van der Waals surface area (Å²) in [6, 6.07) is 17.8. The van der Waals surface area contributed by atoms with Gasteiger partial charge < -0.3 is 14.8 Å². The van der Waals surface area contributed by atoms with Crippen molar-refractivity contribution in [3.8, 4) is 6.07 Å². The van der Waals surface area contributed by atoms with Crippen molar-refractivity contribution in [1.29, 1.82) is 5.26 Å². The van der Waals surface area contributed by atoms with E-state index in [1.54, 1.807) is 12.1 Å². The number of rotatable bonds is 8. The molecular weight excluding hydrogens is 491 g/mol. The molecule has 0 fully saturated rings. The molecule has 3 heterocycles. The Kier molecular flexibility index (Phi) is 7.83. The predicted octanol–water partition coefficient (Wildman–Crippen LogP) is 7.19. The van der Waals surface area contributed by atoms with E-state index in [0.29, 0.717) is 30.5 Å². The number of nitriles is 1. The number of benzene rings is 1. The summed E-state index contributed by atoms with van der Waals surface area (Å²) >= 11 is 12.2. The molecule has 0 unspecified atom stereocenters. The van der Waals surface area contributed by atoms with Crippen molar-refractivity contribution >= 4 is 39.9 Å². The normalized spacial score (nSPS) is 11.7. The number of aromatic nitrogens is 3. The third-order valence-electron chi connectivity index (χ3n) is 5.97. The largest absolute Gasteiger partial charge is 0.347 e. The second-order valence-corrected chi connectivity index (χ2v) is 9.88. The van der Waals surface area contributed by atoms with Gasteiger partial charge in [0.25, 0.3) is 0 Å². The van der Waals surface area contributed by atoms with E-state index < -0.39 is 0 Å². The maximum absolute atomic E-state index is 9.63. The maximum atomic E-state index is 9.63. The Morgan fingerprint density at radius 3 is 2.44 bits per heavy atom.